The maximum Gasteiger partial charge on any atom is 0.307 e. The van der Waals surface area contributed by atoms with Crippen molar-refractivity contribution in [1.29, 1.82) is 0 Å². The first-order valence-electron chi connectivity index (χ1n) is 5.60. The second-order valence-electron chi connectivity index (χ2n) is 3.16. The van der Waals surface area contributed by atoms with Gasteiger partial charge in [0.05, 0.1) is 59.8 Å². The summed E-state index contributed by atoms with van der Waals surface area (Å²) in [6, 6.07) is 0. The van der Waals surface area contributed by atoms with Crippen LogP contribution in [0.5, 0.6) is 0 Å². The van der Waals surface area contributed by atoms with Crippen LogP contribution in [-0.4, -0.2) is 66.4 Å². The predicted molar refractivity (Wildman–Crippen MR) is 61.0 cm³/mol. The third-order valence-corrected chi connectivity index (χ3v) is 1.85. The van der Waals surface area contributed by atoms with Crippen LogP contribution >= 0.6 is 0 Å². The topological polar surface area (TPSA) is 63.2 Å². The molecule has 0 heterocycles. The summed E-state index contributed by atoms with van der Waals surface area (Å²) in [6.07, 6.45) is 0.274. The van der Waals surface area contributed by atoms with E-state index in [-0.39, 0.29) is 12.4 Å². The van der Waals surface area contributed by atoms with Gasteiger partial charge in [0.1, 0.15) is 0 Å². The van der Waals surface area contributed by atoms with Crippen LogP contribution in [0.15, 0.2) is 0 Å². The first kappa shape index (κ1) is 16.3. The lowest BCUT2D eigenvalue weighted by atomic mass is 10.5. The number of esters is 1. The monoisotopic (exact) mass is 250 g/mol. The lowest BCUT2D eigenvalue weighted by Gasteiger charge is -2.06. The molecule has 0 aliphatic rings. The van der Waals surface area contributed by atoms with Gasteiger partial charge >= 0.3 is 5.97 Å². The Labute approximate surface area is 102 Å². The molecule has 17 heavy (non-hydrogen) atoms. The van der Waals surface area contributed by atoms with Gasteiger partial charge in [0.15, 0.2) is 0 Å². The predicted octanol–water partition coefficient (Wildman–Crippen LogP) is 0.246. The molecule has 0 aromatic carbocycles. The second kappa shape index (κ2) is 13.4. The van der Waals surface area contributed by atoms with Crippen molar-refractivity contribution in [2.45, 2.75) is 6.42 Å². The highest BCUT2D eigenvalue weighted by Gasteiger charge is 1.98. The SMILES string of the molecule is COCCOCCOCCOCCC(=O)OC. The van der Waals surface area contributed by atoms with Gasteiger partial charge in [0.25, 0.3) is 0 Å². The summed E-state index contributed by atoms with van der Waals surface area (Å²) in [4.78, 5) is 10.7. The molecule has 0 unspecified atom stereocenters. The molecule has 0 fully saturated rings. The molecule has 0 aliphatic heterocycles. The van der Waals surface area contributed by atoms with Crippen molar-refractivity contribution in [2.75, 3.05) is 60.5 Å². The lowest BCUT2D eigenvalue weighted by Crippen LogP contribution is -2.12. The summed E-state index contributed by atoms with van der Waals surface area (Å²) in [5.41, 5.74) is 0. The Morgan fingerprint density at radius 2 is 1.24 bits per heavy atom. The van der Waals surface area contributed by atoms with Gasteiger partial charge < -0.3 is 23.7 Å². The van der Waals surface area contributed by atoms with Crippen molar-refractivity contribution in [3.63, 3.8) is 0 Å². The number of carbonyl (C=O) groups excluding carboxylic acids is 1. The maximum atomic E-state index is 10.7. The van der Waals surface area contributed by atoms with Crippen LogP contribution in [0.1, 0.15) is 6.42 Å². The molecule has 0 rings (SSSR count). The number of methoxy groups -OCH3 is 2. The molecule has 0 radical (unpaired) electrons. The Bertz CT molecular complexity index is 173. The molecule has 6 nitrogen and oxygen atoms in total. The minimum absolute atomic E-state index is 0.266. The summed E-state index contributed by atoms with van der Waals surface area (Å²) < 4.78 is 24.9. The van der Waals surface area contributed by atoms with E-state index >= 15 is 0 Å². The van der Waals surface area contributed by atoms with Crippen LogP contribution in [0.2, 0.25) is 0 Å². The van der Waals surface area contributed by atoms with Gasteiger partial charge in [-0.3, -0.25) is 4.79 Å². The molecule has 0 saturated carbocycles. The normalized spacial score (nSPS) is 10.5. The number of hydrogen-bond acceptors (Lipinski definition) is 6. The molecular formula is C11H22O6. The van der Waals surface area contributed by atoms with Crippen LogP contribution in [0, 0.1) is 0 Å². The first-order chi connectivity index (χ1) is 8.31. The van der Waals surface area contributed by atoms with Crippen LogP contribution in [0.4, 0.5) is 0 Å². The fourth-order valence-corrected chi connectivity index (χ4v) is 0.942. The van der Waals surface area contributed by atoms with Gasteiger partial charge in [0, 0.05) is 7.11 Å². The zero-order chi connectivity index (χ0) is 12.8. The molecule has 102 valence electrons. The van der Waals surface area contributed by atoms with E-state index in [1.807, 2.05) is 0 Å². The first-order valence-corrected chi connectivity index (χ1v) is 5.60. The summed E-state index contributed by atoms with van der Waals surface area (Å²) in [6.45, 7) is 3.58. The van der Waals surface area contributed by atoms with Gasteiger partial charge in [-0.1, -0.05) is 0 Å². The summed E-state index contributed by atoms with van der Waals surface area (Å²) in [7, 11) is 2.99. The Balaban J connectivity index is 2.96. The Kier molecular flexibility index (Phi) is 12.8. The summed E-state index contributed by atoms with van der Waals surface area (Å²) >= 11 is 0. The van der Waals surface area contributed by atoms with Crippen molar-refractivity contribution in [3.05, 3.63) is 0 Å². The maximum absolute atomic E-state index is 10.7. The highest BCUT2D eigenvalue weighted by molar-refractivity contribution is 5.69. The van der Waals surface area contributed by atoms with E-state index < -0.39 is 0 Å². The smallest absolute Gasteiger partial charge is 0.307 e. The Morgan fingerprint density at radius 1 is 0.765 bits per heavy atom. The molecule has 0 atom stereocenters. The van der Waals surface area contributed by atoms with E-state index in [9.17, 15) is 4.79 Å². The van der Waals surface area contributed by atoms with Gasteiger partial charge in [-0.25, -0.2) is 0 Å². The van der Waals surface area contributed by atoms with Crippen LogP contribution < -0.4 is 0 Å². The van der Waals surface area contributed by atoms with E-state index in [4.69, 9.17) is 18.9 Å². The number of carbonyl (C=O) groups is 1. The van der Waals surface area contributed by atoms with E-state index in [1.54, 1.807) is 7.11 Å². The Morgan fingerprint density at radius 3 is 1.71 bits per heavy atom. The molecule has 0 saturated heterocycles. The minimum Gasteiger partial charge on any atom is -0.469 e. The van der Waals surface area contributed by atoms with Gasteiger partial charge in [-0.2, -0.15) is 0 Å². The molecule has 0 bridgehead atoms. The Hall–Kier alpha value is -0.690. The van der Waals surface area contributed by atoms with Crippen molar-refractivity contribution >= 4 is 5.97 Å². The van der Waals surface area contributed by atoms with Gasteiger partial charge in [-0.15, -0.1) is 0 Å². The van der Waals surface area contributed by atoms with E-state index in [1.165, 1.54) is 7.11 Å². The van der Waals surface area contributed by atoms with Crippen LogP contribution in [0.25, 0.3) is 0 Å². The molecule has 0 aromatic heterocycles. The van der Waals surface area contributed by atoms with Gasteiger partial charge in [-0.05, 0) is 0 Å². The van der Waals surface area contributed by atoms with Gasteiger partial charge in [0.2, 0.25) is 0 Å². The highest BCUT2D eigenvalue weighted by Crippen LogP contribution is 1.87. The summed E-state index contributed by atoms with van der Waals surface area (Å²) in [5.74, 6) is -0.266. The van der Waals surface area contributed by atoms with Crippen molar-refractivity contribution in [2.24, 2.45) is 0 Å². The zero-order valence-corrected chi connectivity index (χ0v) is 10.6. The standard InChI is InChI=1S/C11H22O6/c1-13-5-6-16-9-10-17-8-7-15-4-3-11(12)14-2/h3-10H2,1-2H3. The number of rotatable bonds is 12. The molecule has 0 aromatic rings. The van der Waals surface area contributed by atoms with E-state index in [0.29, 0.717) is 46.2 Å². The van der Waals surface area contributed by atoms with Crippen molar-refractivity contribution in [1.82, 2.24) is 0 Å². The third kappa shape index (κ3) is 13.2. The van der Waals surface area contributed by atoms with Crippen molar-refractivity contribution < 1.29 is 28.5 Å². The van der Waals surface area contributed by atoms with Crippen molar-refractivity contribution in [3.8, 4) is 0 Å². The third-order valence-electron chi connectivity index (χ3n) is 1.85. The molecule has 0 N–H and O–H groups in total. The van der Waals surface area contributed by atoms with Crippen LogP contribution in [-0.2, 0) is 28.5 Å². The average Bonchev–Trinajstić information content (AvgIpc) is 2.35. The fraction of sp³-hybridized carbons (Fsp3) is 0.909. The van der Waals surface area contributed by atoms with E-state index in [0.717, 1.165) is 0 Å². The highest BCUT2D eigenvalue weighted by atomic mass is 16.6. The number of ether oxygens (including phenoxy) is 5. The molecular weight excluding hydrogens is 228 g/mol. The lowest BCUT2D eigenvalue weighted by molar-refractivity contribution is -0.141. The number of hydrogen-bond donors (Lipinski definition) is 0. The van der Waals surface area contributed by atoms with Crippen LogP contribution in [0.3, 0.4) is 0 Å². The largest absolute Gasteiger partial charge is 0.469 e. The zero-order valence-electron chi connectivity index (χ0n) is 10.6. The molecule has 0 amide bonds. The molecule has 6 heteroatoms. The second-order valence-corrected chi connectivity index (χ2v) is 3.16. The molecule has 0 spiro atoms. The average molecular weight is 250 g/mol. The van der Waals surface area contributed by atoms with E-state index in [2.05, 4.69) is 4.74 Å². The quantitative estimate of drug-likeness (QED) is 0.365. The summed E-state index contributed by atoms with van der Waals surface area (Å²) in [5, 5.41) is 0. The minimum atomic E-state index is -0.266. The molecule has 0 aliphatic carbocycles. The fourth-order valence-electron chi connectivity index (χ4n) is 0.942.